The monoisotopic (exact) mass is 316 g/mol. The Morgan fingerprint density at radius 2 is 2.30 bits per heavy atom. The molecule has 0 unspecified atom stereocenters. The summed E-state index contributed by atoms with van der Waals surface area (Å²) >= 11 is 1.46. The van der Waals surface area contributed by atoms with Gasteiger partial charge in [-0.05, 0) is 13.5 Å². The summed E-state index contributed by atoms with van der Waals surface area (Å²) in [6, 6.07) is 1.81. The molecule has 0 saturated carbocycles. The summed E-state index contributed by atoms with van der Waals surface area (Å²) in [7, 11) is 1.72. The van der Waals surface area contributed by atoms with Crippen molar-refractivity contribution in [2.75, 3.05) is 13.6 Å². The Morgan fingerprint density at radius 1 is 1.55 bits per heavy atom. The second-order valence-corrected chi connectivity index (χ2v) is 5.20. The standard InChI is InChI=1S/C12H16N4O2S.ClH/c1-8-5-9(15-18-8)6-16(2)12(17)10-7-19-11(14-10)3-4-13;/h5,7H,3-4,6,13H2,1-2H3;1H. The number of nitrogens with zero attached hydrogens (tertiary/aromatic N) is 3. The first kappa shape index (κ1) is 16.6. The summed E-state index contributed by atoms with van der Waals surface area (Å²) in [4.78, 5) is 18.0. The van der Waals surface area contributed by atoms with Gasteiger partial charge in [0.1, 0.15) is 17.1 Å². The zero-order valence-corrected chi connectivity index (χ0v) is 13.0. The Labute approximate surface area is 127 Å². The van der Waals surface area contributed by atoms with Crippen molar-refractivity contribution >= 4 is 29.7 Å². The van der Waals surface area contributed by atoms with Gasteiger partial charge in [0.25, 0.3) is 5.91 Å². The molecule has 2 heterocycles. The van der Waals surface area contributed by atoms with Crippen LogP contribution >= 0.6 is 23.7 Å². The second kappa shape index (κ2) is 7.37. The van der Waals surface area contributed by atoms with Gasteiger partial charge in [0.05, 0.1) is 11.6 Å². The van der Waals surface area contributed by atoms with Gasteiger partial charge in [-0.3, -0.25) is 4.79 Å². The molecule has 0 aliphatic carbocycles. The SMILES string of the molecule is Cc1cc(CN(C)C(=O)c2csc(CCN)n2)no1.Cl. The zero-order valence-electron chi connectivity index (χ0n) is 11.3. The molecule has 6 nitrogen and oxygen atoms in total. The minimum absolute atomic E-state index is 0. The van der Waals surface area contributed by atoms with E-state index in [9.17, 15) is 4.79 Å². The lowest BCUT2D eigenvalue weighted by molar-refractivity contribution is 0.0777. The van der Waals surface area contributed by atoms with E-state index in [0.717, 1.165) is 16.5 Å². The molecule has 2 aromatic rings. The first-order chi connectivity index (χ1) is 9.10. The van der Waals surface area contributed by atoms with Crippen molar-refractivity contribution in [3.8, 4) is 0 Å². The van der Waals surface area contributed by atoms with E-state index in [1.807, 2.05) is 13.0 Å². The molecule has 2 N–H and O–H groups in total. The van der Waals surface area contributed by atoms with E-state index in [2.05, 4.69) is 10.1 Å². The van der Waals surface area contributed by atoms with Crippen LogP contribution in [0.3, 0.4) is 0 Å². The summed E-state index contributed by atoms with van der Waals surface area (Å²) in [6.07, 6.45) is 0.699. The van der Waals surface area contributed by atoms with Crippen molar-refractivity contribution in [2.45, 2.75) is 19.9 Å². The molecule has 20 heavy (non-hydrogen) atoms. The quantitative estimate of drug-likeness (QED) is 0.906. The van der Waals surface area contributed by atoms with Crippen LogP contribution in [0.2, 0.25) is 0 Å². The molecule has 0 radical (unpaired) electrons. The topological polar surface area (TPSA) is 85.2 Å². The summed E-state index contributed by atoms with van der Waals surface area (Å²) in [6.45, 7) is 2.76. The summed E-state index contributed by atoms with van der Waals surface area (Å²) in [5, 5.41) is 6.51. The van der Waals surface area contributed by atoms with Crippen LogP contribution in [0.25, 0.3) is 0 Å². The lowest BCUT2D eigenvalue weighted by Gasteiger charge is -2.13. The van der Waals surface area contributed by atoms with Gasteiger partial charge in [-0.25, -0.2) is 4.98 Å². The first-order valence-electron chi connectivity index (χ1n) is 5.92. The van der Waals surface area contributed by atoms with E-state index in [-0.39, 0.29) is 18.3 Å². The number of amides is 1. The summed E-state index contributed by atoms with van der Waals surface area (Å²) in [5.74, 6) is 0.606. The molecular formula is C12H17ClN4O2S. The van der Waals surface area contributed by atoms with Crippen molar-refractivity contribution in [2.24, 2.45) is 5.73 Å². The molecule has 0 spiro atoms. The van der Waals surface area contributed by atoms with Gasteiger partial charge in [0, 0.05) is 24.9 Å². The Balaban J connectivity index is 0.00000200. The number of aryl methyl sites for hydroxylation is 1. The Hall–Kier alpha value is -1.44. The minimum atomic E-state index is -0.125. The van der Waals surface area contributed by atoms with Crippen LogP contribution in [0.5, 0.6) is 0 Å². The van der Waals surface area contributed by atoms with Crippen LogP contribution in [0.4, 0.5) is 0 Å². The maximum atomic E-state index is 12.2. The van der Waals surface area contributed by atoms with Gasteiger partial charge in [-0.2, -0.15) is 0 Å². The third-order valence-electron chi connectivity index (χ3n) is 2.55. The van der Waals surface area contributed by atoms with Gasteiger partial charge >= 0.3 is 0 Å². The van der Waals surface area contributed by atoms with Gasteiger partial charge in [-0.15, -0.1) is 23.7 Å². The van der Waals surface area contributed by atoms with Crippen LogP contribution in [0, 0.1) is 6.92 Å². The molecule has 0 atom stereocenters. The van der Waals surface area contributed by atoms with Crippen molar-refractivity contribution in [1.29, 1.82) is 0 Å². The number of aromatic nitrogens is 2. The summed E-state index contributed by atoms with van der Waals surface area (Å²) in [5.41, 5.74) is 6.65. The number of carbonyl (C=O) groups is 1. The maximum Gasteiger partial charge on any atom is 0.273 e. The van der Waals surface area contributed by atoms with E-state index >= 15 is 0 Å². The van der Waals surface area contributed by atoms with Crippen molar-refractivity contribution < 1.29 is 9.32 Å². The molecule has 0 aliphatic rings. The molecular weight excluding hydrogens is 300 g/mol. The normalized spacial score (nSPS) is 10.2. The van der Waals surface area contributed by atoms with Gasteiger partial charge in [0.15, 0.2) is 0 Å². The van der Waals surface area contributed by atoms with Crippen molar-refractivity contribution in [3.63, 3.8) is 0 Å². The highest BCUT2D eigenvalue weighted by Gasteiger charge is 2.16. The molecule has 0 aliphatic heterocycles. The highest BCUT2D eigenvalue weighted by molar-refractivity contribution is 7.09. The van der Waals surface area contributed by atoms with Crippen molar-refractivity contribution in [1.82, 2.24) is 15.0 Å². The summed E-state index contributed by atoms with van der Waals surface area (Å²) < 4.78 is 4.97. The highest BCUT2D eigenvalue weighted by Crippen LogP contribution is 2.13. The van der Waals surface area contributed by atoms with E-state index in [1.165, 1.54) is 11.3 Å². The molecule has 0 bridgehead atoms. The third kappa shape index (κ3) is 4.03. The Bertz CT molecular complexity index is 569. The van der Waals surface area contributed by atoms with E-state index in [4.69, 9.17) is 10.3 Å². The maximum absolute atomic E-state index is 12.2. The van der Waals surface area contributed by atoms with E-state index < -0.39 is 0 Å². The van der Waals surface area contributed by atoms with Crippen molar-refractivity contribution in [3.05, 3.63) is 33.6 Å². The number of hydrogen-bond acceptors (Lipinski definition) is 6. The van der Waals surface area contributed by atoms with Crippen LogP contribution in [-0.4, -0.2) is 34.5 Å². The van der Waals surface area contributed by atoms with Crippen LogP contribution in [0.1, 0.15) is 27.0 Å². The number of carbonyl (C=O) groups excluding carboxylic acids is 1. The fraction of sp³-hybridized carbons (Fsp3) is 0.417. The van der Waals surface area contributed by atoms with Crippen LogP contribution < -0.4 is 5.73 Å². The number of hydrogen-bond donors (Lipinski definition) is 1. The molecule has 2 rings (SSSR count). The Kier molecular flexibility index (Phi) is 6.12. The predicted molar refractivity (Wildman–Crippen MR) is 79.2 cm³/mol. The number of thiazole rings is 1. The molecule has 110 valence electrons. The molecule has 2 aromatic heterocycles. The average Bonchev–Trinajstić information content (AvgIpc) is 2.98. The molecule has 0 saturated heterocycles. The predicted octanol–water partition coefficient (Wildman–Crippen LogP) is 1.63. The first-order valence-corrected chi connectivity index (χ1v) is 6.80. The fourth-order valence-corrected chi connectivity index (χ4v) is 2.44. The Morgan fingerprint density at radius 3 is 2.90 bits per heavy atom. The molecule has 0 aromatic carbocycles. The average molecular weight is 317 g/mol. The lowest BCUT2D eigenvalue weighted by Crippen LogP contribution is -2.26. The molecule has 0 fully saturated rings. The largest absolute Gasteiger partial charge is 0.361 e. The fourth-order valence-electron chi connectivity index (χ4n) is 1.65. The van der Waals surface area contributed by atoms with Gasteiger partial charge in [0.2, 0.25) is 0 Å². The third-order valence-corrected chi connectivity index (χ3v) is 3.46. The van der Waals surface area contributed by atoms with E-state index in [1.54, 1.807) is 17.3 Å². The smallest absolute Gasteiger partial charge is 0.273 e. The van der Waals surface area contributed by atoms with E-state index in [0.29, 0.717) is 25.2 Å². The van der Waals surface area contributed by atoms with Crippen LogP contribution in [-0.2, 0) is 13.0 Å². The second-order valence-electron chi connectivity index (χ2n) is 4.26. The molecule has 1 amide bonds. The molecule has 8 heteroatoms. The van der Waals surface area contributed by atoms with Crippen LogP contribution in [0.15, 0.2) is 16.0 Å². The number of nitrogens with two attached hydrogens (primary N) is 1. The number of rotatable bonds is 5. The number of halogens is 1. The zero-order chi connectivity index (χ0) is 13.8. The highest BCUT2D eigenvalue weighted by atomic mass is 35.5. The minimum Gasteiger partial charge on any atom is -0.361 e. The van der Waals surface area contributed by atoms with Gasteiger partial charge in [-0.1, -0.05) is 5.16 Å². The lowest BCUT2D eigenvalue weighted by atomic mass is 10.3. The van der Waals surface area contributed by atoms with Gasteiger partial charge < -0.3 is 15.2 Å².